The van der Waals surface area contributed by atoms with Crippen molar-refractivity contribution in [1.82, 2.24) is 4.90 Å². The third-order valence-corrected chi connectivity index (χ3v) is 8.66. The molecule has 0 saturated carbocycles. The van der Waals surface area contributed by atoms with E-state index in [0.717, 1.165) is 54.6 Å². The number of amides is 1. The number of nitro benzene ring substituents is 1. The molecule has 0 radical (unpaired) electrons. The summed E-state index contributed by atoms with van der Waals surface area (Å²) in [6.07, 6.45) is 0.488. The summed E-state index contributed by atoms with van der Waals surface area (Å²) < 4.78 is 5.33. The van der Waals surface area contributed by atoms with Gasteiger partial charge in [0.1, 0.15) is 5.75 Å². The van der Waals surface area contributed by atoms with Gasteiger partial charge in [0.05, 0.1) is 24.0 Å². The third kappa shape index (κ3) is 5.01. The molecule has 2 fully saturated rings. The average Bonchev–Trinajstić information content (AvgIpc) is 2.99. The van der Waals surface area contributed by atoms with Crippen molar-refractivity contribution in [2.75, 3.05) is 67.6 Å². The number of fused-ring (bicyclic) bond motifs is 3. The van der Waals surface area contributed by atoms with Crippen LogP contribution in [0.2, 0.25) is 5.02 Å². The van der Waals surface area contributed by atoms with Crippen LogP contribution in [0, 0.1) is 16.0 Å². The van der Waals surface area contributed by atoms with Crippen LogP contribution in [0.3, 0.4) is 0 Å². The normalized spacial score (nSPS) is 20.6. The smallest absolute Gasteiger partial charge is 0.269 e. The number of non-ortho nitro benzene ring substituents is 1. The molecule has 0 N–H and O–H groups in total. The van der Waals surface area contributed by atoms with E-state index in [9.17, 15) is 14.9 Å². The van der Waals surface area contributed by atoms with E-state index >= 15 is 0 Å². The molecule has 2 atom stereocenters. The molecule has 10 heteroatoms. The Hall–Kier alpha value is -3.98. The predicted molar refractivity (Wildman–Crippen MR) is 157 cm³/mol. The Balaban J connectivity index is 1.25. The fourth-order valence-electron chi connectivity index (χ4n) is 6.33. The van der Waals surface area contributed by atoms with Crippen LogP contribution in [0.15, 0.2) is 66.7 Å². The van der Waals surface area contributed by atoms with Gasteiger partial charge in [-0.1, -0.05) is 17.7 Å². The van der Waals surface area contributed by atoms with E-state index in [1.54, 1.807) is 19.2 Å². The topological polar surface area (TPSA) is 82.4 Å². The van der Waals surface area contributed by atoms with Gasteiger partial charge >= 0.3 is 0 Å². The van der Waals surface area contributed by atoms with E-state index in [2.05, 4.69) is 26.8 Å². The molecule has 2 saturated heterocycles. The lowest BCUT2D eigenvalue weighted by Crippen LogP contribution is -2.62. The van der Waals surface area contributed by atoms with Gasteiger partial charge < -0.3 is 24.3 Å². The molecular formula is C30H32ClN5O4. The first kappa shape index (κ1) is 26.3. The van der Waals surface area contributed by atoms with Gasteiger partial charge in [0.25, 0.3) is 5.69 Å². The van der Waals surface area contributed by atoms with E-state index in [0.29, 0.717) is 31.1 Å². The summed E-state index contributed by atoms with van der Waals surface area (Å²) in [5.74, 6) is 0.628. The Bertz CT molecular complexity index is 1410. The summed E-state index contributed by atoms with van der Waals surface area (Å²) in [5.41, 5.74) is 4.10. The first-order chi connectivity index (χ1) is 19.4. The van der Waals surface area contributed by atoms with Gasteiger partial charge in [0.15, 0.2) is 0 Å². The lowest BCUT2D eigenvalue weighted by Gasteiger charge is -2.50. The number of halogens is 1. The number of ether oxygens (including phenoxy) is 1. The molecule has 9 nitrogen and oxygen atoms in total. The number of hydrogen-bond donors (Lipinski definition) is 0. The molecule has 3 aliphatic rings. The van der Waals surface area contributed by atoms with Crippen LogP contribution >= 0.6 is 11.6 Å². The molecule has 0 aliphatic carbocycles. The van der Waals surface area contributed by atoms with Crippen LogP contribution in [0.4, 0.5) is 22.7 Å². The van der Waals surface area contributed by atoms with Gasteiger partial charge in [-0.05, 0) is 60.5 Å². The summed E-state index contributed by atoms with van der Waals surface area (Å²) in [4.78, 5) is 34.2. The standard InChI is InChI=1S/C30H32ClN5O4/c1-40-26-8-5-23(6-9-26)34-15-16-35-28-10-7-25(36(38)39)17-21(28)18-27(29(35)20-34)30(37)33-13-11-32(12-14-33)24-4-2-3-22(31)19-24/h2-10,17,19,27,29H,11-16,18,20H2,1H3. The van der Waals surface area contributed by atoms with E-state index in [-0.39, 0.29) is 28.5 Å². The Morgan fingerprint density at radius 2 is 1.68 bits per heavy atom. The molecule has 6 rings (SSSR count). The van der Waals surface area contributed by atoms with Gasteiger partial charge in [0, 0.05) is 80.0 Å². The van der Waals surface area contributed by atoms with E-state index < -0.39 is 0 Å². The number of carbonyl (C=O) groups excluding carboxylic acids is 1. The van der Waals surface area contributed by atoms with Gasteiger partial charge in [0.2, 0.25) is 5.91 Å². The molecule has 0 spiro atoms. The second-order valence-corrected chi connectivity index (χ2v) is 11.0. The number of nitrogens with zero attached hydrogens (tertiary/aromatic N) is 5. The summed E-state index contributed by atoms with van der Waals surface area (Å²) >= 11 is 6.20. The maximum absolute atomic E-state index is 14.2. The second kappa shape index (κ2) is 10.9. The van der Waals surface area contributed by atoms with Gasteiger partial charge in [-0.2, -0.15) is 0 Å². The molecule has 3 aliphatic heterocycles. The first-order valence-corrected chi connectivity index (χ1v) is 14.0. The van der Waals surface area contributed by atoms with Crippen LogP contribution in [0.5, 0.6) is 5.75 Å². The number of nitro groups is 1. The van der Waals surface area contributed by atoms with Gasteiger partial charge in [-0.25, -0.2) is 0 Å². The number of benzene rings is 3. The highest BCUT2D eigenvalue weighted by Gasteiger charge is 2.43. The largest absolute Gasteiger partial charge is 0.497 e. The predicted octanol–water partition coefficient (Wildman–Crippen LogP) is 4.47. The molecule has 2 unspecified atom stereocenters. The van der Waals surface area contributed by atoms with Crippen LogP contribution in [-0.2, 0) is 11.2 Å². The highest BCUT2D eigenvalue weighted by atomic mass is 35.5. The SMILES string of the molecule is COc1ccc(N2CCN3c4ccc([N+](=O)[O-])cc4CC(C(=O)N4CCN(c5cccc(Cl)c5)CC4)C3C2)cc1. The Morgan fingerprint density at radius 3 is 2.38 bits per heavy atom. The highest BCUT2D eigenvalue weighted by Crippen LogP contribution is 2.39. The summed E-state index contributed by atoms with van der Waals surface area (Å²) in [6.45, 7) is 4.92. The van der Waals surface area contributed by atoms with Crippen molar-refractivity contribution in [3.63, 3.8) is 0 Å². The zero-order chi connectivity index (χ0) is 27.8. The lowest BCUT2D eigenvalue weighted by atomic mass is 9.82. The average molecular weight is 562 g/mol. The number of rotatable bonds is 5. The molecule has 3 heterocycles. The lowest BCUT2D eigenvalue weighted by molar-refractivity contribution is -0.384. The highest BCUT2D eigenvalue weighted by molar-refractivity contribution is 6.30. The molecule has 3 aromatic rings. The van der Waals surface area contributed by atoms with Crippen molar-refractivity contribution in [2.45, 2.75) is 12.5 Å². The summed E-state index contributed by atoms with van der Waals surface area (Å²) in [6, 6.07) is 20.9. The maximum Gasteiger partial charge on any atom is 0.269 e. The van der Waals surface area contributed by atoms with Gasteiger partial charge in [-0.3, -0.25) is 14.9 Å². The summed E-state index contributed by atoms with van der Waals surface area (Å²) in [5, 5.41) is 12.2. The fraction of sp³-hybridized carbons (Fsp3) is 0.367. The Labute approximate surface area is 238 Å². The van der Waals surface area contributed by atoms with Crippen LogP contribution < -0.4 is 19.4 Å². The quantitative estimate of drug-likeness (QED) is 0.336. The number of hydrogen-bond acceptors (Lipinski definition) is 7. The van der Waals surface area contributed by atoms with E-state index in [1.165, 1.54) is 0 Å². The number of carbonyl (C=O) groups is 1. The zero-order valence-electron chi connectivity index (χ0n) is 22.4. The van der Waals surface area contributed by atoms with Crippen molar-refractivity contribution >= 4 is 40.3 Å². The Kier molecular flexibility index (Phi) is 7.14. The minimum Gasteiger partial charge on any atom is -0.497 e. The number of anilines is 3. The first-order valence-electron chi connectivity index (χ1n) is 13.6. The van der Waals surface area contributed by atoms with Crippen molar-refractivity contribution < 1.29 is 14.5 Å². The van der Waals surface area contributed by atoms with E-state index in [4.69, 9.17) is 16.3 Å². The maximum atomic E-state index is 14.2. The third-order valence-electron chi connectivity index (χ3n) is 8.43. The molecule has 3 aromatic carbocycles. The molecule has 0 bridgehead atoms. The van der Waals surface area contributed by atoms with Crippen molar-refractivity contribution in [3.8, 4) is 5.75 Å². The molecule has 1 amide bonds. The van der Waals surface area contributed by atoms with Crippen molar-refractivity contribution in [2.24, 2.45) is 5.92 Å². The van der Waals surface area contributed by atoms with Crippen molar-refractivity contribution in [1.29, 1.82) is 0 Å². The Morgan fingerprint density at radius 1 is 0.925 bits per heavy atom. The summed E-state index contributed by atoms with van der Waals surface area (Å²) in [7, 11) is 1.66. The van der Waals surface area contributed by atoms with Crippen LogP contribution in [-0.4, -0.2) is 74.7 Å². The van der Waals surface area contributed by atoms with Gasteiger partial charge in [-0.15, -0.1) is 0 Å². The number of methoxy groups -OCH3 is 1. The molecule has 208 valence electrons. The second-order valence-electron chi connectivity index (χ2n) is 10.6. The zero-order valence-corrected chi connectivity index (χ0v) is 23.2. The molecule has 40 heavy (non-hydrogen) atoms. The van der Waals surface area contributed by atoms with Crippen LogP contribution in [0.25, 0.3) is 0 Å². The van der Waals surface area contributed by atoms with Crippen molar-refractivity contribution in [3.05, 3.63) is 87.4 Å². The minimum atomic E-state index is -0.361. The minimum absolute atomic E-state index is 0.0386. The van der Waals surface area contributed by atoms with E-state index in [1.807, 2.05) is 47.4 Å². The fourth-order valence-corrected chi connectivity index (χ4v) is 6.51. The monoisotopic (exact) mass is 561 g/mol. The molecule has 0 aromatic heterocycles. The molecular weight excluding hydrogens is 530 g/mol. The van der Waals surface area contributed by atoms with Crippen LogP contribution in [0.1, 0.15) is 5.56 Å². The number of piperazine rings is 2.